The Balaban J connectivity index is 0.00000127. The number of rotatable bonds is 4. The van der Waals surface area contributed by atoms with Gasteiger partial charge >= 0.3 is 6.09 Å². The van der Waals surface area contributed by atoms with Gasteiger partial charge in [0.1, 0.15) is 6.61 Å². The summed E-state index contributed by atoms with van der Waals surface area (Å²) in [5.41, 5.74) is 0.773. The molecule has 0 saturated carbocycles. The third kappa shape index (κ3) is 4.57. The first-order chi connectivity index (χ1) is 10.8. The fourth-order valence-corrected chi connectivity index (χ4v) is 2.67. The Hall–Kier alpha value is -1.84. The maximum absolute atomic E-state index is 12.6. The number of hydrogen-bond acceptors (Lipinski definition) is 3. The van der Waals surface area contributed by atoms with Gasteiger partial charge in [0.25, 0.3) is 0 Å². The van der Waals surface area contributed by atoms with Gasteiger partial charge in [-0.15, -0.1) is 0 Å². The Morgan fingerprint density at radius 3 is 2.35 bits per heavy atom. The zero-order valence-electron chi connectivity index (χ0n) is 15.1. The first-order valence-electron chi connectivity index (χ1n) is 8.37. The molecule has 1 saturated heterocycles. The molecule has 0 bridgehead atoms. The fourth-order valence-electron chi connectivity index (χ4n) is 2.67. The Kier molecular flexibility index (Phi) is 6.79. The second kappa shape index (κ2) is 8.14. The third-order valence-corrected chi connectivity index (χ3v) is 4.09. The summed E-state index contributed by atoms with van der Waals surface area (Å²) in [7, 11) is 0. The molecule has 0 spiro atoms. The van der Waals surface area contributed by atoms with Gasteiger partial charge in [-0.1, -0.05) is 71.9 Å². The summed E-state index contributed by atoms with van der Waals surface area (Å²) in [5.74, 6) is 0.0327. The van der Waals surface area contributed by atoms with E-state index in [0.717, 1.165) is 5.56 Å². The zero-order chi connectivity index (χ0) is 17.6. The molecule has 1 fully saturated rings. The van der Waals surface area contributed by atoms with E-state index in [0.29, 0.717) is 6.61 Å². The topological polar surface area (TPSA) is 46.6 Å². The molecular weight excluding hydrogens is 290 g/mol. The number of carbonyl (C=O) groups excluding carboxylic acids is 2. The van der Waals surface area contributed by atoms with E-state index in [1.165, 1.54) is 4.90 Å². The van der Waals surface area contributed by atoms with Gasteiger partial charge in [-0.2, -0.15) is 0 Å². The molecule has 1 atom stereocenters. The van der Waals surface area contributed by atoms with Crippen molar-refractivity contribution in [3.63, 3.8) is 0 Å². The second-order valence-electron chi connectivity index (χ2n) is 6.58. The van der Waals surface area contributed by atoms with Crippen LogP contribution in [0, 0.1) is 5.92 Å². The van der Waals surface area contributed by atoms with Gasteiger partial charge in [0, 0.05) is 6.42 Å². The molecule has 23 heavy (non-hydrogen) atoms. The number of hydrogen-bond donors (Lipinski definition) is 0. The molecule has 0 aromatic heterocycles. The van der Waals surface area contributed by atoms with Crippen LogP contribution in [0.3, 0.4) is 0 Å². The van der Waals surface area contributed by atoms with Crippen molar-refractivity contribution in [2.75, 3.05) is 6.61 Å². The number of ether oxygens (including phenoxy) is 1. The Morgan fingerprint density at radius 1 is 1.26 bits per heavy atom. The van der Waals surface area contributed by atoms with Crippen LogP contribution in [0.2, 0.25) is 0 Å². The van der Waals surface area contributed by atoms with Crippen LogP contribution in [0.5, 0.6) is 0 Å². The lowest BCUT2D eigenvalue weighted by Gasteiger charge is -2.29. The van der Waals surface area contributed by atoms with Crippen LogP contribution in [0.4, 0.5) is 4.79 Å². The molecule has 2 amide bonds. The monoisotopic (exact) mass is 319 g/mol. The van der Waals surface area contributed by atoms with Crippen molar-refractivity contribution in [3.05, 3.63) is 35.9 Å². The van der Waals surface area contributed by atoms with Gasteiger partial charge in [-0.05, 0) is 16.9 Å². The van der Waals surface area contributed by atoms with E-state index in [2.05, 4.69) is 0 Å². The molecule has 4 nitrogen and oxygen atoms in total. The summed E-state index contributed by atoms with van der Waals surface area (Å²) in [4.78, 5) is 25.7. The number of imide groups is 1. The van der Waals surface area contributed by atoms with Crippen molar-refractivity contribution in [1.29, 1.82) is 0 Å². The van der Waals surface area contributed by atoms with Crippen LogP contribution in [-0.2, 0) is 14.9 Å². The first kappa shape index (κ1) is 19.2. The van der Waals surface area contributed by atoms with Crippen LogP contribution >= 0.6 is 0 Å². The summed E-state index contributed by atoms with van der Waals surface area (Å²) in [6, 6.07) is 9.74. The Bertz CT molecular complexity index is 523. The summed E-state index contributed by atoms with van der Waals surface area (Å²) in [5, 5.41) is 0. The highest BCUT2D eigenvalue weighted by Crippen LogP contribution is 2.30. The van der Waals surface area contributed by atoms with E-state index < -0.39 is 6.09 Å². The predicted octanol–water partition coefficient (Wildman–Crippen LogP) is 4.38. The molecule has 1 aromatic rings. The van der Waals surface area contributed by atoms with Gasteiger partial charge < -0.3 is 4.74 Å². The van der Waals surface area contributed by atoms with E-state index >= 15 is 0 Å². The van der Waals surface area contributed by atoms with Crippen molar-refractivity contribution in [2.24, 2.45) is 5.92 Å². The van der Waals surface area contributed by atoms with E-state index in [4.69, 9.17) is 4.74 Å². The summed E-state index contributed by atoms with van der Waals surface area (Å²) in [6.07, 6.45) is -0.224. The molecule has 2 rings (SSSR count). The smallest absolute Gasteiger partial charge is 0.416 e. The minimum absolute atomic E-state index is 0.156. The maximum atomic E-state index is 12.6. The minimum Gasteiger partial charge on any atom is -0.447 e. The zero-order valence-corrected chi connectivity index (χ0v) is 15.1. The van der Waals surface area contributed by atoms with Crippen molar-refractivity contribution in [3.8, 4) is 0 Å². The van der Waals surface area contributed by atoms with Crippen LogP contribution < -0.4 is 0 Å². The third-order valence-electron chi connectivity index (χ3n) is 4.09. The summed E-state index contributed by atoms with van der Waals surface area (Å²) in [6.45, 7) is 12.3. The molecule has 0 aliphatic carbocycles. The summed E-state index contributed by atoms with van der Waals surface area (Å²) >= 11 is 0. The van der Waals surface area contributed by atoms with Crippen LogP contribution in [0.25, 0.3) is 0 Å². The number of nitrogens with zero attached hydrogens (tertiary/aromatic N) is 1. The molecule has 0 unspecified atom stereocenters. The fraction of sp³-hybridized carbons (Fsp3) is 0.579. The lowest BCUT2D eigenvalue weighted by molar-refractivity contribution is -0.130. The average molecular weight is 319 g/mol. The molecule has 0 radical (unpaired) electrons. The van der Waals surface area contributed by atoms with Crippen molar-refractivity contribution in [1.82, 2.24) is 4.90 Å². The SMILES string of the molecule is CC.CC(C)[C@H]1COC(=O)N1C(=O)CC(C)(C)c1ccccc1. The van der Waals surface area contributed by atoms with Gasteiger partial charge in [0.05, 0.1) is 6.04 Å². The number of cyclic esters (lactones) is 1. The van der Waals surface area contributed by atoms with Crippen LogP contribution in [0.15, 0.2) is 30.3 Å². The van der Waals surface area contributed by atoms with Crippen LogP contribution in [-0.4, -0.2) is 29.5 Å². The number of benzene rings is 1. The van der Waals surface area contributed by atoms with Crippen molar-refractivity contribution >= 4 is 12.0 Å². The average Bonchev–Trinajstić information content (AvgIpc) is 2.92. The molecular formula is C19H29NO3. The minimum atomic E-state index is -0.512. The van der Waals surface area contributed by atoms with Gasteiger partial charge in [-0.3, -0.25) is 4.79 Å². The molecule has 1 heterocycles. The highest BCUT2D eigenvalue weighted by Gasteiger charge is 2.41. The Morgan fingerprint density at radius 2 is 1.83 bits per heavy atom. The highest BCUT2D eigenvalue weighted by molar-refractivity contribution is 5.94. The Labute approximate surface area is 139 Å². The van der Waals surface area contributed by atoms with Crippen LogP contribution in [0.1, 0.15) is 53.5 Å². The normalized spacial score (nSPS) is 17.6. The standard InChI is InChI=1S/C17H23NO3.C2H6/c1-12(2)14-11-21-16(20)18(14)15(19)10-17(3,4)13-8-6-5-7-9-13;1-2/h5-9,12,14H,10-11H2,1-4H3;1-2H3/t14-;/m1./s1. The van der Waals surface area contributed by atoms with E-state index in [1.807, 2.05) is 71.9 Å². The molecule has 128 valence electrons. The largest absolute Gasteiger partial charge is 0.447 e. The number of amides is 2. The quantitative estimate of drug-likeness (QED) is 0.827. The lowest BCUT2D eigenvalue weighted by Crippen LogP contribution is -2.43. The van der Waals surface area contributed by atoms with Gasteiger partial charge in [-0.25, -0.2) is 9.69 Å². The van der Waals surface area contributed by atoms with E-state index in [9.17, 15) is 9.59 Å². The van der Waals surface area contributed by atoms with Crippen molar-refractivity contribution in [2.45, 2.75) is 59.4 Å². The van der Waals surface area contributed by atoms with Crippen molar-refractivity contribution < 1.29 is 14.3 Å². The molecule has 4 heteroatoms. The number of carbonyl (C=O) groups is 2. The van der Waals surface area contributed by atoms with Gasteiger partial charge in [0.2, 0.25) is 5.91 Å². The summed E-state index contributed by atoms with van der Waals surface area (Å²) < 4.78 is 5.05. The van der Waals surface area contributed by atoms with E-state index in [1.54, 1.807) is 0 Å². The maximum Gasteiger partial charge on any atom is 0.416 e. The van der Waals surface area contributed by atoms with Gasteiger partial charge in [0.15, 0.2) is 0 Å². The lowest BCUT2D eigenvalue weighted by atomic mass is 9.81. The molecule has 1 aromatic carbocycles. The molecule has 1 aliphatic heterocycles. The second-order valence-corrected chi connectivity index (χ2v) is 6.58. The molecule has 0 N–H and O–H groups in total. The molecule has 1 aliphatic rings. The predicted molar refractivity (Wildman–Crippen MR) is 92.3 cm³/mol. The van der Waals surface area contributed by atoms with E-state index in [-0.39, 0.29) is 29.7 Å². The highest BCUT2D eigenvalue weighted by atomic mass is 16.6. The first-order valence-corrected chi connectivity index (χ1v) is 8.37.